The van der Waals surface area contributed by atoms with Crippen molar-refractivity contribution in [2.24, 2.45) is 0 Å². The van der Waals surface area contributed by atoms with E-state index in [1.807, 2.05) is 19.1 Å². The Balaban J connectivity index is 2.06. The summed E-state index contributed by atoms with van der Waals surface area (Å²) in [6.07, 6.45) is 1.77. The molecule has 0 bridgehead atoms. The highest BCUT2D eigenvalue weighted by molar-refractivity contribution is 9.10. The highest BCUT2D eigenvalue weighted by Crippen LogP contribution is 2.19. The first-order valence-corrected chi connectivity index (χ1v) is 8.34. The number of benzene rings is 1. The Hall–Kier alpha value is -0.780. The molecular weight excluding hydrogens is 339 g/mol. The lowest BCUT2D eigenvalue weighted by atomic mass is 10.0. The van der Waals surface area contributed by atoms with Crippen molar-refractivity contribution in [3.63, 3.8) is 0 Å². The van der Waals surface area contributed by atoms with Crippen LogP contribution in [-0.2, 0) is 12.8 Å². The second kappa shape index (κ2) is 7.29. The van der Waals surface area contributed by atoms with E-state index in [0.717, 1.165) is 35.7 Å². The minimum atomic E-state index is -0.218. The van der Waals surface area contributed by atoms with Gasteiger partial charge in [-0.15, -0.1) is 11.3 Å². The van der Waals surface area contributed by atoms with E-state index in [9.17, 15) is 4.39 Å². The zero-order chi connectivity index (χ0) is 14.5. The van der Waals surface area contributed by atoms with Gasteiger partial charge in [-0.05, 0) is 53.5 Å². The molecule has 0 spiro atoms. The summed E-state index contributed by atoms with van der Waals surface area (Å²) in [7, 11) is 0. The molecule has 0 radical (unpaired) electrons. The van der Waals surface area contributed by atoms with Crippen LogP contribution in [0.15, 0.2) is 28.1 Å². The van der Waals surface area contributed by atoms with Crippen LogP contribution in [0.25, 0.3) is 0 Å². The molecule has 0 amide bonds. The monoisotopic (exact) mass is 356 g/mol. The SMILES string of the molecule is CCNC(Cc1ccc(F)c(Br)c1)Cc1nc(C)cs1. The summed E-state index contributed by atoms with van der Waals surface area (Å²) in [4.78, 5) is 4.52. The van der Waals surface area contributed by atoms with Gasteiger partial charge in [0.1, 0.15) is 5.82 Å². The fraction of sp³-hybridized carbons (Fsp3) is 0.400. The quantitative estimate of drug-likeness (QED) is 0.841. The van der Waals surface area contributed by atoms with E-state index >= 15 is 0 Å². The summed E-state index contributed by atoms with van der Waals surface area (Å²) in [5, 5.41) is 6.70. The Labute approximate surface area is 131 Å². The number of nitrogens with one attached hydrogen (secondary N) is 1. The van der Waals surface area contributed by atoms with Gasteiger partial charge in [0.2, 0.25) is 0 Å². The summed E-state index contributed by atoms with van der Waals surface area (Å²) in [6.45, 7) is 5.03. The summed E-state index contributed by atoms with van der Waals surface area (Å²) < 4.78 is 13.8. The van der Waals surface area contributed by atoms with Gasteiger partial charge >= 0.3 is 0 Å². The average Bonchev–Trinajstić information content (AvgIpc) is 2.80. The van der Waals surface area contributed by atoms with Crippen molar-refractivity contribution in [1.82, 2.24) is 10.3 Å². The molecule has 0 aliphatic rings. The second-order valence-corrected chi connectivity index (χ2v) is 6.59. The van der Waals surface area contributed by atoms with E-state index in [0.29, 0.717) is 10.5 Å². The van der Waals surface area contributed by atoms with Gasteiger partial charge in [-0.3, -0.25) is 0 Å². The van der Waals surface area contributed by atoms with E-state index in [4.69, 9.17) is 0 Å². The van der Waals surface area contributed by atoms with Crippen molar-refractivity contribution < 1.29 is 4.39 Å². The Morgan fingerprint density at radius 3 is 2.80 bits per heavy atom. The molecule has 0 aliphatic heterocycles. The molecule has 2 aromatic rings. The molecule has 5 heteroatoms. The molecule has 1 atom stereocenters. The summed E-state index contributed by atoms with van der Waals surface area (Å²) in [5.41, 5.74) is 2.20. The first kappa shape index (κ1) is 15.6. The summed E-state index contributed by atoms with van der Waals surface area (Å²) in [6, 6.07) is 5.53. The number of aryl methyl sites for hydroxylation is 1. The van der Waals surface area contributed by atoms with Crippen LogP contribution in [-0.4, -0.2) is 17.6 Å². The lowest BCUT2D eigenvalue weighted by Crippen LogP contribution is -2.33. The second-order valence-electron chi connectivity index (χ2n) is 4.79. The van der Waals surface area contributed by atoms with Crippen molar-refractivity contribution in [1.29, 1.82) is 0 Å². The molecule has 1 heterocycles. The van der Waals surface area contributed by atoms with Gasteiger partial charge in [-0.25, -0.2) is 9.37 Å². The van der Waals surface area contributed by atoms with Crippen molar-refractivity contribution in [3.8, 4) is 0 Å². The van der Waals surface area contributed by atoms with Gasteiger partial charge in [0, 0.05) is 23.5 Å². The number of aromatic nitrogens is 1. The molecule has 1 aromatic heterocycles. The van der Waals surface area contributed by atoms with Gasteiger partial charge in [0.15, 0.2) is 0 Å². The third-order valence-electron chi connectivity index (χ3n) is 3.05. The zero-order valence-electron chi connectivity index (χ0n) is 11.6. The van der Waals surface area contributed by atoms with Crippen LogP contribution in [0, 0.1) is 12.7 Å². The average molecular weight is 357 g/mol. The van der Waals surface area contributed by atoms with Gasteiger partial charge in [0.05, 0.1) is 9.48 Å². The smallest absolute Gasteiger partial charge is 0.137 e. The largest absolute Gasteiger partial charge is 0.314 e. The first-order valence-electron chi connectivity index (χ1n) is 6.66. The number of hydrogen-bond acceptors (Lipinski definition) is 3. The molecule has 108 valence electrons. The third kappa shape index (κ3) is 4.36. The van der Waals surface area contributed by atoms with Crippen LogP contribution in [0.2, 0.25) is 0 Å². The molecule has 0 fully saturated rings. The van der Waals surface area contributed by atoms with Gasteiger partial charge in [0.25, 0.3) is 0 Å². The van der Waals surface area contributed by atoms with E-state index < -0.39 is 0 Å². The zero-order valence-corrected chi connectivity index (χ0v) is 14.0. The fourth-order valence-electron chi connectivity index (χ4n) is 2.16. The standard InChI is InChI=1S/C15H18BrFN2S/c1-3-18-12(8-15-19-10(2)9-20-15)6-11-4-5-14(17)13(16)7-11/h4-5,7,9,12,18H,3,6,8H2,1-2H3. The lowest BCUT2D eigenvalue weighted by molar-refractivity contribution is 0.519. The van der Waals surface area contributed by atoms with E-state index in [-0.39, 0.29) is 5.82 Å². The highest BCUT2D eigenvalue weighted by atomic mass is 79.9. The van der Waals surface area contributed by atoms with Crippen LogP contribution in [0.4, 0.5) is 4.39 Å². The predicted octanol–water partition coefficient (Wildman–Crippen LogP) is 4.12. The number of halogens is 2. The molecule has 0 saturated heterocycles. The maximum atomic E-state index is 13.3. The first-order chi connectivity index (χ1) is 9.58. The van der Waals surface area contributed by atoms with E-state index in [2.05, 4.69) is 38.5 Å². The Bertz CT molecular complexity index is 571. The Morgan fingerprint density at radius 2 is 2.20 bits per heavy atom. The molecule has 0 aliphatic carbocycles. The molecule has 20 heavy (non-hydrogen) atoms. The molecule has 1 N–H and O–H groups in total. The van der Waals surface area contributed by atoms with E-state index in [1.165, 1.54) is 6.07 Å². The molecule has 0 saturated carbocycles. The van der Waals surface area contributed by atoms with Crippen LogP contribution < -0.4 is 5.32 Å². The summed E-state index contributed by atoms with van der Waals surface area (Å²) >= 11 is 4.94. The fourth-order valence-corrected chi connectivity index (χ4v) is 3.44. The van der Waals surface area contributed by atoms with Crippen molar-refractivity contribution in [3.05, 3.63) is 50.1 Å². The molecule has 2 nitrogen and oxygen atoms in total. The number of thiazole rings is 1. The normalized spacial score (nSPS) is 12.6. The minimum Gasteiger partial charge on any atom is -0.314 e. The van der Waals surface area contributed by atoms with Crippen LogP contribution >= 0.6 is 27.3 Å². The molecule has 1 aromatic carbocycles. The third-order valence-corrected chi connectivity index (χ3v) is 4.64. The highest BCUT2D eigenvalue weighted by Gasteiger charge is 2.12. The van der Waals surface area contributed by atoms with Crippen molar-refractivity contribution in [2.75, 3.05) is 6.54 Å². The number of nitrogens with zero attached hydrogens (tertiary/aromatic N) is 1. The predicted molar refractivity (Wildman–Crippen MR) is 85.8 cm³/mol. The molecule has 2 rings (SSSR count). The maximum Gasteiger partial charge on any atom is 0.137 e. The topological polar surface area (TPSA) is 24.9 Å². The maximum absolute atomic E-state index is 13.3. The Kier molecular flexibility index (Phi) is 5.69. The van der Waals surface area contributed by atoms with Gasteiger partial charge < -0.3 is 5.32 Å². The number of rotatable bonds is 6. The molecular formula is C15H18BrFN2S. The lowest BCUT2D eigenvalue weighted by Gasteiger charge is -2.17. The van der Waals surface area contributed by atoms with E-state index in [1.54, 1.807) is 11.3 Å². The minimum absolute atomic E-state index is 0.218. The van der Waals surface area contributed by atoms with Crippen molar-refractivity contribution in [2.45, 2.75) is 32.7 Å². The number of likely N-dealkylation sites (N-methyl/N-ethyl adjacent to an activating group) is 1. The van der Waals surface area contributed by atoms with Crippen LogP contribution in [0.3, 0.4) is 0 Å². The summed E-state index contributed by atoms with van der Waals surface area (Å²) in [5.74, 6) is -0.218. The van der Waals surface area contributed by atoms with Gasteiger partial charge in [-0.1, -0.05) is 13.0 Å². The Morgan fingerprint density at radius 1 is 1.40 bits per heavy atom. The number of hydrogen-bond donors (Lipinski definition) is 1. The van der Waals surface area contributed by atoms with Crippen LogP contribution in [0.5, 0.6) is 0 Å². The van der Waals surface area contributed by atoms with Gasteiger partial charge in [-0.2, -0.15) is 0 Å². The van der Waals surface area contributed by atoms with Crippen LogP contribution in [0.1, 0.15) is 23.2 Å². The molecule has 1 unspecified atom stereocenters. The van der Waals surface area contributed by atoms with Crippen molar-refractivity contribution >= 4 is 27.3 Å².